The third-order valence-electron chi connectivity index (χ3n) is 6.00. The molecule has 1 fully saturated rings. The number of para-hydroxylation sites is 1. The Hall–Kier alpha value is -3.04. The van der Waals surface area contributed by atoms with E-state index in [9.17, 15) is 9.59 Å². The zero-order valence-electron chi connectivity index (χ0n) is 21.1. The lowest BCUT2D eigenvalue weighted by molar-refractivity contribution is -0.113. The van der Waals surface area contributed by atoms with Gasteiger partial charge in [0.05, 0.1) is 24.1 Å². The summed E-state index contributed by atoms with van der Waals surface area (Å²) in [5.74, 6) is 0.863. The topological polar surface area (TPSA) is 74.8 Å². The molecule has 4 rings (SSSR count). The van der Waals surface area contributed by atoms with E-state index in [-0.39, 0.29) is 17.2 Å². The number of thiazole rings is 1. The van der Waals surface area contributed by atoms with Gasteiger partial charge in [0.1, 0.15) is 5.75 Å². The highest BCUT2D eigenvalue weighted by Crippen LogP contribution is 2.29. The zero-order chi connectivity index (χ0) is 25.7. The van der Waals surface area contributed by atoms with Crippen molar-refractivity contribution in [3.8, 4) is 5.75 Å². The Morgan fingerprint density at radius 1 is 1.06 bits per heavy atom. The largest absolute Gasteiger partial charge is 0.496 e. The van der Waals surface area contributed by atoms with Crippen LogP contribution >= 0.6 is 23.1 Å². The molecule has 9 heteroatoms. The van der Waals surface area contributed by atoms with Crippen LogP contribution in [0.5, 0.6) is 5.75 Å². The summed E-state index contributed by atoms with van der Waals surface area (Å²) in [6.07, 6.45) is 0. The highest BCUT2D eigenvalue weighted by Gasteiger charge is 2.24. The van der Waals surface area contributed by atoms with Crippen molar-refractivity contribution < 1.29 is 14.3 Å². The lowest BCUT2D eigenvalue weighted by Crippen LogP contribution is -2.48. The summed E-state index contributed by atoms with van der Waals surface area (Å²) < 4.78 is 6.26. The standard InChI is InChI=1S/C27H32N4O3S2/c1-27(2,3)23-17-35-26(29-23)36-18-24(32)28-19-9-11-20(12-10-19)30-13-15-31(16-14-30)25(33)21-7-5-6-8-22(21)34-4/h5-12,17H,13-16,18H2,1-4H3,(H,28,32). The fraction of sp³-hybridized carbons (Fsp3) is 0.370. The molecule has 1 aliphatic heterocycles. The highest BCUT2D eigenvalue weighted by molar-refractivity contribution is 8.01. The summed E-state index contributed by atoms with van der Waals surface area (Å²) in [4.78, 5) is 34.1. The van der Waals surface area contributed by atoms with Gasteiger partial charge in [0, 0.05) is 48.3 Å². The molecule has 0 spiro atoms. The van der Waals surface area contributed by atoms with Crippen LogP contribution < -0.4 is 15.0 Å². The number of hydrogen-bond acceptors (Lipinski definition) is 7. The van der Waals surface area contributed by atoms with Gasteiger partial charge in [0.15, 0.2) is 4.34 Å². The Morgan fingerprint density at radius 3 is 2.39 bits per heavy atom. The molecule has 0 aliphatic carbocycles. The van der Waals surface area contributed by atoms with Gasteiger partial charge in [-0.2, -0.15) is 0 Å². The second kappa shape index (κ2) is 11.3. The molecule has 7 nitrogen and oxygen atoms in total. The molecular weight excluding hydrogens is 492 g/mol. The second-order valence-electron chi connectivity index (χ2n) is 9.61. The minimum absolute atomic E-state index is 0.00425. The van der Waals surface area contributed by atoms with Crippen molar-refractivity contribution in [2.24, 2.45) is 0 Å². The molecule has 1 aromatic heterocycles. The van der Waals surface area contributed by atoms with Crippen molar-refractivity contribution in [1.82, 2.24) is 9.88 Å². The molecule has 0 saturated carbocycles. The van der Waals surface area contributed by atoms with Crippen LogP contribution in [-0.4, -0.2) is 60.7 Å². The van der Waals surface area contributed by atoms with Crippen molar-refractivity contribution in [3.63, 3.8) is 0 Å². The van der Waals surface area contributed by atoms with E-state index in [1.54, 1.807) is 24.5 Å². The van der Waals surface area contributed by atoms with Gasteiger partial charge in [0.2, 0.25) is 5.91 Å². The molecule has 2 aromatic carbocycles. The number of nitrogens with zero attached hydrogens (tertiary/aromatic N) is 3. The third-order valence-corrected chi connectivity index (χ3v) is 8.02. The van der Waals surface area contributed by atoms with Crippen LogP contribution in [0.15, 0.2) is 58.3 Å². The molecular formula is C27H32N4O3S2. The van der Waals surface area contributed by atoms with Crippen LogP contribution in [0.3, 0.4) is 0 Å². The number of carbonyl (C=O) groups is 2. The van der Waals surface area contributed by atoms with Crippen LogP contribution in [0.2, 0.25) is 0 Å². The van der Waals surface area contributed by atoms with Gasteiger partial charge >= 0.3 is 0 Å². The van der Waals surface area contributed by atoms with Gasteiger partial charge in [-0.1, -0.05) is 44.7 Å². The first-order valence-corrected chi connectivity index (χ1v) is 13.8. The monoisotopic (exact) mass is 524 g/mol. The molecule has 1 saturated heterocycles. The number of piperazine rings is 1. The number of thioether (sulfide) groups is 1. The number of ether oxygens (including phenoxy) is 1. The summed E-state index contributed by atoms with van der Waals surface area (Å²) in [5.41, 5.74) is 3.50. The molecule has 2 amide bonds. The molecule has 36 heavy (non-hydrogen) atoms. The molecule has 1 aliphatic rings. The number of methoxy groups -OCH3 is 1. The Morgan fingerprint density at radius 2 is 1.75 bits per heavy atom. The Bertz CT molecular complexity index is 1200. The molecule has 190 valence electrons. The summed E-state index contributed by atoms with van der Waals surface area (Å²) in [5, 5.41) is 5.03. The first kappa shape index (κ1) is 26.0. The average molecular weight is 525 g/mol. The molecule has 0 unspecified atom stereocenters. The minimum atomic E-state index is -0.0521. The minimum Gasteiger partial charge on any atom is -0.496 e. The average Bonchev–Trinajstić information content (AvgIpc) is 3.38. The number of rotatable bonds is 7. The maximum absolute atomic E-state index is 12.9. The third kappa shape index (κ3) is 6.39. The van der Waals surface area contributed by atoms with E-state index >= 15 is 0 Å². The first-order chi connectivity index (χ1) is 17.2. The molecule has 1 N–H and O–H groups in total. The Kier molecular flexibility index (Phi) is 8.21. The first-order valence-electron chi connectivity index (χ1n) is 11.9. The van der Waals surface area contributed by atoms with Crippen LogP contribution in [0.1, 0.15) is 36.8 Å². The fourth-order valence-corrected chi connectivity index (χ4v) is 5.76. The quantitative estimate of drug-likeness (QED) is 0.431. The lowest BCUT2D eigenvalue weighted by Gasteiger charge is -2.36. The maximum atomic E-state index is 12.9. The number of carbonyl (C=O) groups excluding carboxylic acids is 2. The zero-order valence-corrected chi connectivity index (χ0v) is 22.7. The van der Waals surface area contributed by atoms with Crippen molar-refractivity contribution in [1.29, 1.82) is 0 Å². The predicted molar refractivity (Wildman–Crippen MR) is 148 cm³/mol. The number of aromatic nitrogens is 1. The summed E-state index contributed by atoms with van der Waals surface area (Å²) in [7, 11) is 1.58. The Labute approximate surface area is 220 Å². The SMILES string of the molecule is COc1ccccc1C(=O)N1CCN(c2ccc(NC(=O)CSc3nc(C(C)(C)C)cs3)cc2)CC1. The predicted octanol–water partition coefficient (Wildman–Crippen LogP) is 5.14. The van der Waals surface area contributed by atoms with Gasteiger partial charge in [-0.3, -0.25) is 9.59 Å². The van der Waals surface area contributed by atoms with Crippen LogP contribution in [0.25, 0.3) is 0 Å². The normalized spacial score (nSPS) is 14.0. The number of hydrogen-bond donors (Lipinski definition) is 1. The van der Waals surface area contributed by atoms with Crippen molar-refractivity contribution in [2.75, 3.05) is 49.3 Å². The van der Waals surface area contributed by atoms with Crippen molar-refractivity contribution >= 4 is 46.3 Å². The molecule has 2 heterocycles. The van der Waals surface area contributed by atoms with Crippen molar-refractivity contribution in [2.45, 2.75) is 30.5 Å². The summed E-state index contributed by atoms with van der Waals surface area (Å²) >= 11 is 3.04. The van der Waals surface area contributed by atoms with E-state index in [1.165, 1.54) is 11.8 Å². The van der Waals surface area contributed by atoms with Gasteiger partial charge in [-0.05, 0) is 36.4 Å². The molecule has 0 bridgehead atoms. The maximum Gasteiger partial charge on any atom is 0.257 e. The van der Waals surface area contributed by atoms with E-state index in [0.29, 0.717) is 30.2 Å². The van der Waals surface area contributed by atoms with Gasteiger partial charge in [-0.25, -0.2) is 4.98 Å². The lowest BCUT2D eigenvalue weighted by atomic mass is 9.93. The van der Waals surface area contributed by atoms with Gasteiger partial charge < -0.3 is 19.9 Å². The van der Waals surface area contributed by atoms with E-state index < -0.39 is 0 Å². The highest BCUT2D eigenvalue weighted by atomic mass is 32.2. The number of nitrogens with one attached hydrogen (secondary N) is 1. The smallest absolute Gasteiger partial charge is 0.257 e. The molecule has 0 atom stereocenters. The fourth-order valence-electron chi connectivity index (χ4n) is 3.91. The van der Waals surface area contributed by atoms with Crippen LogP contribution in [0.4, 0.5) is 11.4 Å². The van der Waals surface area contributed by atoms with Crippen LogP contribution in [-0.2, 0) is 10.2 Å². The summed E-state index contributed by atoms with van der Waals surface area (Å²) in [6.45, 7) is 9.17. The van der Waals surface area contributed by atoms with Gasteiger partial charge in [-0.15, -0.1) is 11.3 Å². The molecule has 0 radical (unpaired) electrons. The second-order valence-corrected chi connectivity index (χ2v) is 11.7. The van der Waals surface area contributed by atoms with Crippen molar-refractivity contribution in [3.05, 3.63) is 65.2 Å². The Balaban J connectivity index is 1.26. The van der Waals surface area contributed by atoms with Gasteiger partial charge in [0.25, 0.3) is 5.91 Å². The van der Waals surface area contributed by atoms with E-state index in [2.05, 4.69) is 41.4 Å². The number of benzene rings is 2. The summed E-state index contributed by atoms with van der Waals surface area (Å²) in [6, 6.07) is 15.2. The number of anilines is 2. The molecule has 3 aromatic rings. The van der Waals surface area contributed by atoms with E-state index in [0.717, 1.165) is 34.5 Å². The van der Waals surface area contributed by atoms with Crippen LogP contribution in [0, 0.1) is 0 Å². The van der Waals surface area contributed by atoms with E-state index in [1.807, 2.05) is 47.4 Å². The van der Waals surface area contributed by atoms with E-state index in [4.69, 9.17) is 4.74 Å². The number of amides is 2.